The summed E-state index contributed by atoms with van der Waals surface area (Å²) in [5.41, 5.74) is 2.04. The average molecular weight is 323 g/mol. The quantitative estimate of drug-likeness (QED) is 0.769. The number of nitrogens with one attached hydrogen (secondary N) is 2. The third-order valence-electron chi connectivity index (χ3n) is 4.41. The number of nitrogens with zero attached hydrogens (tertiary/aromatic N) is 1. The normalized spacial score (nSPS) is 18.2. The predicted octanol–water partition coefficient (Wildman–Crippen LogP) is 1.83. The summed E-state index contributed by atoms with van der Waals surface area (Å²) >= 11 is 0. The van der Waals surface area contributed by atoms with Crippen LogP contribution in [0, 0.1) is 0 Å². The molecule has 4 rings (SSSR count). The van der Waals surface area contributed by atoms with Crippen LogP contribution in [0.4, 0.5) is 0 Å². The molecule has 0 saturated carbocycles. The molecule has 0 spiro atoms. The summed E-state index contributed by atoms with van der Waals surface area (Å²) < 4.78 is 5.34. The number of hydrogen-bond acceptors (Lipinski definition) is 3. The molecule has 6 nitrogen and oxygen atoms in total. The van der Waals surface area contributed by atoms with E-state index in [1.807, 2.05) is 36.5 Å². The van der Waals surface area contributed by atoms with E-state index in [2.05, 4.69) is 10.3 Å². The summed E-state index contributed by atoms with van der Waals surface area (Å²) in [6, 6.07) is 11.0. The van der Waals surface area contributed by atoms with Crippen LogP contribution < -0.4 is 5.32 Å². The van der Waals surface area contributed by atoms with Crippen molar-refractivity contribution in [2.45, 2.75) is 19.0 Å². The van der Waals surface area contributed by atoms with Gasteiger partial charge in [0.1, 0.15) is 11.8 Å². The molecule has 2 N–H and O–H groups in total. The number of aromatic nitrogens is 1. The van der Waals surface area contributed by atoms with Gasteiger partial charge in [-0.25, -0.2) is 0 Å². The maximum absolute atomic E-state index is 12.4. The van der Waals surface area contributed by atoms with Crippen molar-refractivity contribution in [3.63, 3.8) is 0 Å². The van der Waals surface area contributed by atoms with Crippen molar-refractivity contribution >= 4 is 22.7 Å². The van der Waals surface area contributed by atoms with E-state index in [-0.39, 0.29) is 18.4 Å². The first-order chi connectivity index (χ1) is 11.7. The van der Waals surface area contributed by atoms with Gasteiger partial charge in [-0.2, -0.15) is 0 Å². The standard InChI is InChI=1S/C18H17N3O3/c22-17-10-20-18(23)16(21(17)11-13-4-3-7-24-13)8-12-9-19-15-6-2-1-5-14(12)15/h1-7,9,16,19H,8,10-11H2,(H,20,23)/t16-/m1/s1. The van der Waals surface area contributed by atoms with Crippen LogP contribution in [-0.4, -0.2) is 34.3 Å². The van der Waals surface area contributed by atoms with Crippen molar-refractivity contribution in [3.8, 4) is 0 Å². The zero-order valence-electron chi connectivity index (χ0n) is 13.0. The molecule has 1 fully saturated rings. The number of fused-ring (bicyclic) bond motifs is 1. The maximum Gasteiger partial charge on any atom is 0.243 e. The number of aromatic amines is 1. The summed E-state index contributed by atoms with van der Waals surface area (Å²) in [5.74, 6) is 0.434. The molecular formula is C18H17N3O3. The molecule has 1 atom stereocenters. The zero-order chi connectivity index (χ0) is 16.5. The second-order valence-corrected chi connectivity index (χ2v) is 5.90. The molecule has 2 aromatic heterocycles. The van der Waals surface area contributed by atoms with Crippen molar-refractivity contribution in [1.29, 1.82) is 0 Å². The number of carbonyl (C=O) groups is 2. The van der Waals surface area contributed by atoms with Crippen molar-refractivity contribution in [2.75, 3.05) is 6.54 Å². The van der Waals surface area contributed by atoms with Crippen LogP contribution in [0.1, 0.15) is 11.3 Å². The lowest BCUT2D eigenvalue weighted by Crippen LogP contribution is -2.58. The molecule has 24 heavy (non-hydrogen) atoms. The number of benzene rings is 1. The van der Waals surface area contributed by atoms with Crippen LogP contribution in [0.3, 0.4) is 0 Å². The molecule has 1 aliphatic rings. The lowest BCUT2D eigenvalue weighted by atomic mass is 10.0. The van der Waals surface area contributed by atoms with Crippen LogP contribution in [0.25, 0.3) is 10.9 Å². The minimum Gasteiger partial charge on any atom is -0.467 e. The highest BCUT2D eigenvalue weighted by molar-refractivity contribution is 5.95. The number of furan rings is 1. The topological polar surface area (TPSA) is 78.3 Å². The van der Waals surface area contributed by atoms with Crippen LogP contribution >= 0.6 is 0 Å². The van der Waals surface area contributed by atoms with Crippen molar-refractivity contribution in [2.24, 2.45) is 0 Å². The number of para-hydroxylation sites is 1. The first-order valence-electron chi connectivity index (χ1n) is 7.87. The maximum atomic E-state index is 12.4. The molecule has 3 heterocycles. The van der Waals surface area contributed by atoms with E-state index in [1.54, 1.807) is 17.2 Å². The first kappa shape index (κ1) is 14.6. The second kappa shape index (κ2) is 5.88. The Hall–Kier alpha value is -3.02. The van der Waals surface area contributed by atoms with Crippen molar-refractivity contribution < 1.29 is 14.0 Å². The van der Waals surface area contributed by atoms with Gasteiger partial charge in [0.2, 0.25) is 11.8 Å². The fourth-order valence-electron chi connectivity index (χ4n) is 3.18. The van der Waals surface area contributed by atoms with Crippen LogP contribution in [0.5, 0.6) is 0 Å². The fourth-order valence-corrected chi connectivity index (χ4v) is 3.18. The first-order valence-corrected chi connectivity index (χ1v) is 7.87. The predicted molar refractivity (Wildman–Crippen MR) is 88.1 cm³/mol. The van der Waals surface area contributed by atoms with Gasteiger partial charge in [-0.05, 0) is 23.8 Å². The molecule has 1 aliphatic heterocycles. The summed E-state index contributed by atoms with van der Waals surface area (Å²) in [6.07, 6.45) is 3.93. The smallest absolute Gasteiger partial charge is 0.243 e. The lowest BCUT2D eigenvalue weighted by molar-refractivity contribution is -0.146. The Bertz CT molecular complexity index is 882. The van der Waals surface area contributed by atoms with E-state index < -0.39 is 6.04 Å². The van der Waals surface area contributed by atoms with Crippen LogP contribution in [-0.2, 0) is 22.6 Å². The van der Waals surface area contributed by atoms with Gasteiger partial charge in [-0.3, -0.25) is 9.59 Å². The largest absolute Gasteiger partial charge is 0.467 e. The van der Waals surface area contributed by atoms with E-state index in [0.717, 1.165) is 16.5 Å². The van der Waals surface area contributed by atoms with E-state index >= 15 is 0 Å². The van der Waals surface area contributed by atoms with Gasteiger partial charge >= 0.3 is 0 Å². The Labute approximate surface area is 138 Å². The summed E-state index contributed by atoms with van der Waals surface area (Å²) in [5, 5.41) is 3.75. The average Bonchev–Trinajstić information content (AvgIpc) is 3.24. The third-order valence-corrected chi connectivity index (χ3v) is 4.41. The summed E-state index contributed by atoms with van der Waals surface area (Å²) in [4.78, 5) is 29.5. The third kappa shape index (κ3) is 2.56. The Kier molecular flexibility index (Phi) is 3.57. The minimum atomic E-state index is -0.546. The molecule has 0 bridgehead atoms. The van der Waals surface area contributed by atoms with E-state index in [4.69, 9.17) is 4.42 Å². The molecule has 6 heteroatoms. The number of piperazine rings is 1. The van der Waals surface area contributed by atoms with E-state index in [1.165, 1.54) is 0 Å². The van der Waals surface area contributed by atoms with Gasteiger partial charge in [-0.15, -0.1) is 0 Å². The molecule has 1 aromatic carbocycles. The minimum absolute atomic E-state index is 0.0317. The van der Waals surface area contributed by atoms with Gasteiger partial charge < -0.3 is 19.6 Å². The molecule has 0 aliphatic carbocycles. The Morgan fingerprint density at radius 3 is 2.88 bits per heavy atom. The molecular weight excluding hydrogens is 306 g/mol. The highest BCUT2D eigenvalue weighted by Crippen LogP contribution is 2.22. The SMILES string of the molecule is O=C1NCC(=O)N(Cc2ccco2)[C@@H]1Cc1c[nH]c2ccccc12. The van der Waals surface area contributed by atoms with Gasteiger partial charge in [0.15, 0.2) is 0 Å². The number of H-pyrrole nitrogens is 1. The second-order valence-electron chi connectivity index (χ2n) is 5.90. The van der Waals surface area contributed by atoms with Crippen molar-refractivity contribution in [1.82, 2.24) is 15.2 Å². The van der Waals surface area contributed by atoms with Crippen LogP contribution in [0.2, 0.25) is 0 Å². The van der Waals surface area contributed by atoms with E-state index in [9.17, 15) is 9.59 Å². The van der Waals surface area contributed by atoms with E-state index in [0.29, 0.717) is 18.7 Å². The van der Waals surface area contributed by atoms with Crippen molar-refractivity contribution in [3.05, 3.63) is 60.2 Å². The van der Waals surface area contributed by atoms with Gasteiger partial charge in [0.05, 0.1) is 19.4 Å². The highest BCUT2D eigenvalue weighted by Gasteiger charge is 2.35. The monoisotopic (exact) mass is 323 g/mol. The Balaban J connectivity index is 1.64. The zero-order valence-corrected chi connectivity index (χ0v) is 13.0. The summed E-state index contributed by atoms with van der Waals surface area (Å²) in [6.45, 7) is 0.330. The summed E-state index contributed by atoms with van der Waals surface area (Å²) in [7, 11) is 0. The number of rotatable bonds is 4. The fraction of sp³-hybridized carbons (Fsp3) is 0.222. The number of amides is 2. The molecule has 2 amide bonds. The van der Waals surface area contributed by atoms with Crippen LogP contribution in [0.15, 0.2) is 53.3 Å². The molecule has 122 valence electrons. The van der Waals surface area contributed by atoms with Gasteiger partial charge in [-0.1, -0.05) is 18.2 Å². The molecule has 0 radical (unpaired) electrons. The molecule has 0 unspecified atom stereocenters. The van der Waals surface area contributed by atoms with Gasteiger partial charge in [0, 0.05) is 23.5 Å². The molecule has 3 aromatic rings. The van der Waals surface area contributed by atoms with Gasteiger partial charge in [0.25, 0.3) is 0 Å². The Morgan fingerprint density at radius 2 is 2.04 bits per heavy atom. The number of carbonyl (C=O) groups excluding carboxylic acids is 2. The Morgan fingerprint density at radius 1 is 1.17 bits per heavy atom. The number of hydrogen-bond donors (Lipinski definition) is 2. The lowest BCUT2D eigenvalue weighted by Gasteiger charge is -2.34. The molecule has 1 saturated heterocycles. The highest BCUT2D eigenvalue weighted by atomic mass is 16.3.